The van der Waals surface area contributed by atoms with Crippen LogP contribution in [0.4, 0.5) is 0 Å². The molecule has 0 amide bonds. The summed E-state index contributed by atoms with van der Waals surface area (Å²) in [5, 5.41) is 0. The van der Waals surface area contributed by atoms with Gasteiger partial charge in [-0.25, -0.2) is 0 Å². The molecule has 0 saturated carbocycles. The third-order valence-electron chi connectivity index (χ3n) is 6.78. The van der Waals surface area contributed by atoms with E-state index in [-0.39, 0.29) is 5.60 Å². The summed E-state index contributed by atoms with van der Waals surface area (Å²) >= 11 is 0. The van der Waals surface area contributed by atoms with Crippen LogP contribution in [0.1, 0.15) is 97.3 Å². The fourth-order valence-electron chi connectivity index (χ4n) is 4.15. The van der Waals surface area contributed by atoms with Gasteiger partial charge in [0.05, 0.1) is 13.2 Å². The molecule has 0 aromatic carbocycles. The smallest absolute Gasteiger partial charge is 0.174 e. The second-order valence-electron chi connectivity index (χ2n) is 9.51. The predicted molar refractivity (Wildman–Crippen MR) is 115 cm³/mol. The van der Waals surface area contributed by atoms with Gasteiger partial charge in [0.25, 0.3) is 0 Å². The molecule has 144 valence electrons. The molecular weight excluding hydrogens is 324 g/mol. The molecule has 1 fully saturated rings. The number of hydrogen-bond donors (Lipinski definition) is 0. The van der Waals surface area contributed by atoms with Crippen molar-refractivity contribution >= 4 is 15.4 Å². The summed E-state index contributed by atoms with van der Waals surface area (Å²) in [4.78, 5) is 0. The van der Waals surface area contributed by atoms with Crippen molar-refractivity contribution in [3.63, 3.8) is 0 Å². The molecule has 0 N–H and O–H groups in total. The van der Waals surface area contributed by atoms with Crippen LogP contribution >= 0.6 is 0 Å². The lowest BCUT2D eigenvalue weighted by molar-refractivity contribution is 0.0299. The lowest BCUT2D eigenvalue weighted by atomic mass is 9.87. The van der Waals surface area contributed by atoms with Crippen LogP contribution in [0.15, 0.2) is 0 Å². The maximum Gasteiger partial charge on any atom is 0.174 e. The molecular formula is C21H46OSi2. The van der Waals surface area contributed by atoms with Gasteiger partial charge >= 0.3 is 0 Å². The summed E-state index contributed by atoms with van der Waals surface area (Å²) in [5.74, 6) is 0. The summed E-state index contributed by atoms with van der Waals surface area (Å²) in [7, 11) is -2.58. The minimum Gasteiger partial charge on any atom is -0.415 e. The molecule has 0 spiro atoms. The summed E-state index contributed by atoms with van der Waals surface area (Å²) in [6, 6.07) is 1.51. The quantitative estimate of drug-likeness (QED) is 0.251. The van der Waals surface area contributed by atoms with Gasteiger partial charge in [-0.2, -0.15) is 0 Å². The Morgan fingerprint density at radius 3 is 1.58 bits per heavy atom. The van der Waals surface area contributed by atoms with Crippen molar-refractivity contribution in [2.75, 3.05) is 0 Å². The highest BCUT2D eigenvalue weighted by Crippen LogP contribution is 2.44. The lowest BCUT2D eigenvalue weighted by Crippen LogP contribution is -2.65. The number of hydrogen-bond acceptors (Lipinski definition) is 1. The summed E-state index contributed by atoms with van der Waals surface area (Å²) in [5.41, 5.74) is 0.261. The first-order chi connectivity index (χ1) is 11.3. The largest absolute Gasteiger partial charge is 0.415 e. The van der Waals surface area contributed by atoms with Crippen molar-refractivity contribution in [3.05, 3.63) is 0 Å². The van der Waals surface area contributed by atoms with E-state index in [0.717, 1.165) is 0 Å². The highest BCUT2D eigenvalue weighted by Gasteiger charge is 2.52. The maximum absolute atomic E-state index is 7.09. The van der Waals surface area contributed by atoms with Crippen LogP contribution in [0.25, 0.3) is 0 Å². The molecule has 0 unspecified atom stereocenters. The van der Waals surface area contributed by atoms with E-state index in [0.29, 0.717) is 0 Å². The Bertz CT molecular complexity index is 325. The van der Waals surface area contributed by atoms with Gasteiger partial charge in [-0.3, -0.25) is 0 Å². The molecule has 1 aliphatic rings. The molecule has 0 aromatic rings. The van der Waals surface area contributed by atoms with Crippen molar-refractivity contribution in [3.8, 4) is 0 Å². The highest BCUT2D eigenvalue weighted by atomic mass is 29.3. The van der Waals surface area contributed by atoms with Crippen molar-refractivity contribution < 1.29 is 4.43 Å². The molecule has 1 aliphatic heterocycles. The topological polar surface area (TPSA) is 9.23 Å². The first-order valence-electron chi connectivity index (χ1n) is 11.0. The minimum absolute atomic E-state index is 0.261. The zero-order valence-corrected chi connectivity index (χ0v) is 19.8. The SMILES string of the molecule is CCCCCCCC1(CCCCCCC)CC[Si](C)(C)[Si](C)(C)O1. The Morgan fingerprint density at radius 2 is 1.17 bits per heavy atom. The zero-order chi connectivity index (χ0) is 18.1. The van der Waals surface area contributed by atoms with E-state index in [1.54, 1.807) is 0 Å². The summed E-state index contributed by atoms with van der Waals surface area (Å²) in [6.45, 7) is 14.9. The Kier molecular flexibility index (Phi) is 9.83. The molecule has 0 aromatic heterocycles. The molecule has 0 bridgehead atoms. The van der Waals surface area contributed by atoms with Crippen LogP contribution in [-0.2, 0) is 4.43 Å². The van der Waals surface area contributed by atoms with Gasteiger partial charge in [-0.15, -0.1) is 0 Å². The molecule has 0 aliphatic carbocycles. The number of rotatable bonds is 12. The van der Waals surface area contributed by atoms with Gasteiger partial charge in [0, 0.05) is 0 Å². The van der Waals surface area contributed by atoms with E-state index >= 15 is 0 Å². The Morgan fingerprint density at radius 1 is 0.708 bits per heavy atom. The lowest BCUT2D eigenvalue weighted by Gasteiger charge is -2.52. The summed E-state index contributed by atoms with van der Waals surface area (Å²) in [6.07, 6.45) is 18.0. The second-order valence-corrected chi connectivity index (χ2v) is 24.7. The Labute approximate surface area is 155 Å². The molecule has 1 saturated heterocycles. The van der Waals surface area contributed by atoms with E-state index in [9.17, 15) is 0 Å². The first-order valence-corrected chi connectivity index (χ1v) is 18.1. The van der Waals surface area contributed by atoms with Crippen LogP contribution in [0.5, 0.6) is 0 Å². The third-order valence-corrected chi connectivity index (χ3v) is 23.3. The average molecular weight is 371 g/mol. The van der Waals surface area contributed by atoms with E-state index in [2.05, 4.69) is 40.0 Å². The van der Waals surface area contributed by atoms with Crippen LogP contribution in [0.3, 0.4) is 0 Å². The minimum atomic E-state index is -1.47. The average Bonchev–Trinajstić information content (AvgIpc) is 2.51. The van der Waals surface area contributed by atoms with Gasteiger partial charge in [0.15, 0.2) is 7.83 Å². The van der Waals surface area contributed by atoms with E-state index < -0.39 is 15.4 Å². The van der Waals surface area contributed by atoms with Crippen molar-refractivity contribution in [1.29, 1.82) is 0 Å². The fraction of sp³-hybridized carbons (Fsp3) is 1.00. The maximum atomic E-state index is 7.09. The van der Waals surface area contributed by atoms with Crippen LogP contribution in [0, 0.1) is 0 Å². The van der Waals surface area contributed by atoms with Crippen molar-refractivity contribution in [1.82, 2.24) is 0 Å². The fourth-order valence-corrected chi connectivity index (χ4v) is 11.2. The molecule has 0 radical (unpaired) electrons. The normalized spacial score (nSPS) is 21.8. The van der Waals surface area contributed by atoms with Crippen molar-refractivity contribution in [2.45, 2.75) is 135 Å². The second kappa shape index (κ2) is 10.5. The molecule has 1 nitrogen and oxygen atoms in total. The van der Waals surface area contributed by atoms with E-state index in [1.165, 1.54) is 89.5 Å². The third kappa shape index (κ3) is 6.95. The molecule has 3 heteroatoms. The summed E-state index contributed by atoms with van der Waals surface area (Å²) < 4.78 is 7.09. The van der Waals surface area contributed by atoms with Crippen LogP contribution < -0.4 is 0 Å². The van der Waals surface area contributed by atoms with Gasteiger partial charge < -0.3 is 4.43 Å². The van der Waals surface area contributed by atoms with E-state index in [4.69, 9.17) is 4.43 Å². The first kappa shape index (κ1) is 22.4. The Balaban J connectivity index is 2.59. The van der Waals surface area contributed by atoms with Gasteiger partial charge in [0.2, 0.25) is 0 Å². The van der Waals surface area contributed by atoms with E-state index in [1.807, 2.05) is 0 Å². The molecule has 1 heterocycles. The van der Waals surface area contributed by atoms with Crippen LogP contribution in [-0.4, -0.2) is 21.0 Å². The van der Waals surface area contributed by atoms with Gasteiger partial charge in [-0.05, 0) is 32.4 Å². The highest BCUT2D eigenvalue weighted by molar-refractivity contribution is 7.38. The number of unbranched alkanes of at least 4 members (excludes halogenated alkanes) is 8. The molecule has 24 heavy (non-hydrogen) atoms. The Hall–Kier alpha value is 0.394. The molecule has 0 atom stereocenters. The zero-order valence-electron chi connectivity index (χ0n) is 17.8. The van der Waals surface area contributed by atoms with Gasteiger partial charge in [0.1, 0.15) is 0 Å². The van der Waals surface area contributed by atoms with Crippen molar-refractivity contribution in [2.24, 2.45) is 0 Å². The predicted octanol–water partition coefficient (Wildman–Crippen LogP) is 7.86. The monoisotopic (exact) mass is 370 g/mol. The van der Waals surface area contributed by atoms with Gasteiger partial charge in [-0.1, -0.05) is 97.2 Å². The van der Waals surface area contributed by atoms with Crippen LogP contribution in [0.2, 0.25) is 32.2 Å². The standard InChI is InChI=1S/C21H46OSi2/c1-7-9-11-13-15-17-21(18-16-14-12-10-8-2)19-20-23(3,4)24(5,6)22-21/h7-20H2,1-6H3. The molecule has 1 rings (SSSR count).